The maximum Gasteiger partial charge on any atom is 0.339 e. The number of carbonyl (C=O) groups is 3. The number of nitrogens with two attached hydrogens (primary N) is 1. The van der Waals surface area contributed by atoms with E-state index in [1.54, 1.807) is 24.3 Å². The summed E-state index contributed by atoms with van der Waals surface area (Å²) in [6.07, 6.45) is -1.20. The Labute approximate surface area is 109 Å². The van der Waals surface area contributed by atoms with Crippen LogP contribution in [0, 0.1) is 0 Å². The zero-order valence-corrected chi connectivity index (χ0v) is 10.0. The number of hydrogen-bond donors (Lipinski definition) is 2. The van der Waals surface area contributed by atoms with Crippen molar-refractivity contribution in [2.45, 2.75) is 25.0 Å². The van der Waals surface area contributed by atoms with Gasteiger partial charge in [-0.15, -0.1) is 0 Å². The maximum atomic E-state index is 12.1. The summed E-state index contributed by atoms with van der Waals surface area (Å²) in [5.41, 5.74) is 6.49. The van der Waals surface area contributed by atoms with Gasteiger partial charge in [0.1, 0.15) is 0 Å². The number of aliphatic carboxylic acids is 1. The monoisotopic (exact) mass is 263 g/mol. The molecule has 1 aromatic carbocycles. The highest BCUT2D eigenvalue weighted by Gasteiger charge is 2.37. The molecule has 0 spiro atoms. The number of carboxylic acids is 1. The summed E-state index contributed by atoms with van der Waals surface area (Å²) in [5.74, 6) is -2.05. The van der Waals surface area contributed by atoms with Crippen molar-refractivity contribution in [3.8, 4) is 0 Å². The molecule has 100 valence electrons. The number of esters is 1. The highest BCUT2D eigenvalue weighted by atomic mass is 16.6. The van der Waals surface area contributed by atoms with Crippen LogP contribution in [0.5, 0.6) is 0 Å². The first-order valence-electron chi connectivity index (χ1n) is 5.81. The Bertz CT molecular complexity index is 540. The molecule has 1 aromatic rings. The van der Waals surface area contributed by atoms with Crippen LogP contribution in [0.25, 0.3) is 0 Å². The quantitative estimate of drug-likeness (QED) is 0.756. The van der Waals surface area contributed by atoms with Gasteiger partial charge in [-0.2, -0.15) is 0 Å². The summed E-state index contributed by atoms with van der Waals surface area (Å²) < 4.78 is 5.01. The van der Waals surface area contributed by atoms with Gasteiger partial charge in [0, 0.05) is 12.0 Å². The zero-order chi connectivity index (χ0) is 14.0. The van der Waals surface area contributed by atoms with E-state index in [0.29, 0.717) is 11.1 Å². The zero-order valence-electron chi connectivity index (χ0n) is 10.0. The molecular formula is C13H13NO5. The van der Waals surface area contributed by atoms with Gasteiger partial charge in [-0.25, -0.2) is 4.79 Å². The smallest absolute Gasteiger partial charge is 0.339 e. The second-order valence-electron chi connectivity index (χ2n) is 4.31. The fourth-order valence-electron chi connectivity index (χ4n) is 1.97. The number of fused-ring (bicyclic) bond motifs is 1. The van der Waals surface area contributed by atoms with Gasteiger partial charge in [-0.3, -0.25) is 9.59 Å². The minimum Gasteiger partial charge on any atom is -0.481 e. The first-order valence-corrected chi connectivity index (χ1v) is 5.81. The third kappa shape index (κ3) is 2.63. The average molecular weight is 263 g/mol. The van der Waals surface area contributed by atoms with Crippen LogP contribution in [0.4, 0.5) is 0 Å². The molecule has 2 rings (SSSR count). The van der Waals surface area contributed by atoms with Gasteiger partial charge in [0.15, 0.2) is 11.9 Å². The Morgan fingerprint density at radius 2 is 2.05 bits per heavy atom. The molecular weight excluding hydrogens is 250 g/mol. The van der Waals surface area contributed by atoms with Gasteiger partial charge >= 0.3 is 11.9 Å². The number of ether oxygens (including phenoxy) is 1. The van der Waals surface area contributed by atoms with Crippen LogP contribution in [-0.2, 0) is 14.3 Å². The van der Waals surface area contributed by atoms with E-state index in [4.69, 9.17) is 15.6 Å². The molecule has 0 saturated carbocycles. The number of hydrogen-bond acceptors (Lipinski definition) is 5. The molecule has 1 aliphatic rings. The second kappa shape index (κ2) is 5.19. The van der Waals surface area contributed by atoms with Crippen molar-refractivity contribution in [3.05, 3.63) is 35.4 Å². The number of ketones is 1. The van der Waals surface area contributed by atoms with Gasteiger partial charge in [0.05, 0.1) is 11.6 Å². The third-order valence-corrected chi connectivity index (χ3v) is 2.98. The molecule has 0 fully saturated rings. The number of cyclic esters (lactones) is 1. The minimum absolute atomic E-state index is 0.0182. The lowest BCUT2D eigenvalue weighted by Gasteiger charge is -2.14. The molecule has 0 aliphatic carbocycles. The molecule has 1 heterocycles. The van der Waals surface area contributed by atoms with E-state index in [1.807, 2.05) is 0 Å². The number of carbonyl (C=O) groups excluding carboxylic acids is 2. The maximum absolute atomic E-state index is 12.1. The molecule has 1 aliphatic heterocycles. The summed E-state index contributed by atoms with van der Waals surface area (Å²) in [7, 11) is 0. The molecule has 0 saturated heterocycles. The molecule has 0 aromatic heterocycles. The Hall–Kier alpha value is -2.21. The van der Waals surface area contributed by atoms with Crippen LogP contribution < -0.4 is 5.73 Å². The van der Waals surface area contributed by atoms with Crippen molar-refractivity contribution in [1.82, 2.24) is 0 Å². The third-order valence-electron chi connectivity index (χ3n) is 2.98. The highest BCUT2D eigenvalue weighted by Crippen LogP contribution is 2.31. The molecule has 0 radical (unpaired) electrons. The van der Waals surface area contributed by atoms with Crippen LogP contribution in [0.1, 0.15) is 34.9 Å². The Morgan fingerprint density at radius 1 is 1.37 bits per heavy atom. The standard InChI is InChI=1S/C13H13NO5/c14-9(5-6-10(15)16)11(17)12-7-3-1-2-4-8(7)13(18)19-12/h1-4,9,12H,5-6,14H2,(H,15,16)/t9-,12?/m0/s1. The van der Waals surface area contributed by atoms with Crippen LogP contribution in [0.3, 0.4) is 0 Å². The summed E-state index contributed by atoms with van der Waals surface area (Å²) in [4.78, 5) is 34.1. The topological polar surface area (TPSA) is 107 Å². The molecule has 0 amide bonds. The number of Topliss-reactive ketones (excluding diaryl/α,β-unsaturated/α-hetero) is 1. The van der Waals surface area contributed by atoms with Gasteiger partial charge < -0.3 is 15.6 Å². The Kier molecular flexibility index (Phi) is 3.62. The van der Waals surface area contributed by atoms with E-state index in [0.717, 1.165) is 0 Å². The minimum atomic E-state index is -1.02. The molecule has 2 atom stereocenters. The van der Waals surface area contributed by atoms with Gasteiger partial charge in [0.25, 0.3) is 0 Å². The predicted molar refractivity (Wildman–Crippen MR) is 64.5 cm³/mol. The van der Waals surface area contributed by atoms with Crippen molar-refractivity contribution in [1.29, 1.82) is 0 Å². The summed E-state index contributed by atoms with van der Waals surface area (Å²) in [5, 5.41) is 8.56. The summed E-state index contributed by atoms with van der Waals surface area (Å²) in [6.45, 7) is 0. The van der Waals surface area contributed by atoms with Crippen molar-refractivity contribution in [2.75, 3.05) is 0 Å². The first-order chi connectivity index (χ1) is 9.00. The van der Waals surface area contributed by atoms with E-state index in [2.05, 4.69) is 0 Å². The van der Waals surface area contributed by atoms with Crippen LogP contribution in [-0.4, -0.2) is 28.9 Å². The van der Waals surface area contributed by atoms with Gasteiger partial charge in [0.2, 0.25) is 0 Å². The van der Waals surface area contributed by atoms with Crippen LogP contribution in [0.2, 0.25) is 0 Å². The first kappa shape index (κ1) is 13.2. The molecule has 3 N–H and O–H groups in total. The Morgan fingerprint density at radius 3 is 2.74 bits per heavy atom. The summed E-state index contributed by atoms with van der Waals surface area (Å²) in [6, 6.07) is 5.63. The summed E-state index contributed by atoms with van der Waals surface area (Å²) >= 11 is 0. The van der Waals surface area contributed by atoms with Crippen molar-refractivity contribution >= 4 is 17.7 Å². The fraction of sp³-hybridized carbons (Fsp3) is 0.308. The van der Waals surface area contributed by atoms with E-state index < -0.39 is 29.9 Å². The lowest BCUT2D eigenvalue weighted by Crippen LogP contribution is -2.35. The second-order valence-corrected chi connectivity index (χ2v) is 4.31. The van der Waals surface area contributed by atoms with E-state index >= 15 is 0 Å². The van der Waals surface area contributed by atoms with Crippen LogP contribution >= 0.6 is 0 Å². The Balaban J connectivity index is 2.13. The van der Waals surface area contributed by atoms with E-state index in [9.17, 15) is 14.4 Å². The van der Waals surface area contributed by atoms with Gasteiger partial charge in [-0.1, -0.05) is 18.2 Å². The largest absolute Gasteiger partial charge is 0.481 e. The lowest BCUT2D eigenvalue weighted by atomic mass is 9.97. The normalized spacial score (nSPS) is 18.6. The van der Waals surface area contributed by atoms with E-state index in [-0.39, 0.29) is 12.8 Å². The molecule has 6 heteroatoms. The van der Waals surface area contributed by atoms with Crippen molar-refractivity contribution in [3.63, 3.8) is 0 Å². The molecule has 1 unspecified atom stereocenters. The fourth-order valence-corrected chi connectivity index (χ4v) is 1.97. The van der Waals surface area contributed by atoms with E-state index in [1.165, 1.54) is 0 Å². The van der Waals surface area contributed by atoms with Crippen LogP contribution in [0.15, 0.2) is 24.3 Å². The number of rotatable bonds is 5. The number of carboxylic acid groups (broad SMARTS) is 1. The predicted octanol–water partition coefficient (Wildman–Crippen LogP) is 0.659. The molecule has 0 bridgehead atoms. The average Bonchev–Trinajstić information content (AvgIpc) is 2.73. The highest BCUT2D eigenvalue weighted by molar-refractivity contribution is 6.01. The SMILES string of the molecule is N[C@@H](CCC(=O)O)C(=O)C1OC(=O)c2ccccc21. The molecule has 19 heavy (non-hydrogen) atoms. The lowest BCUT2D eigenvalue weighted by molar-refractivity contribution is -0.137. The molecule has 6 nitrogen and oxygen atoms in total. The van der Waals surface area contributed by atoms with Crippen molar-refractivity contribution < 1.29 is 24.2 Å². The number of benzene rings is 1. The van der Waals surface area contributed by atoms with Crippen molar-refractivity contribution in [2.24, 2.45) is 5.73 Å². The van der Waals surface area contributed by atoms with Gasteiger partial charge in [-0.05, 0) is 12.5 Å².